The van der Waals surface area contributed by atoms with Gasteiger partial charge in [-0.25, -0.2) is 0 Å². The topological polar surface area (TPSA) is 55.1 Å². The number of hydrogen-bond acceptors (Lipinski definition) is 2. The lowest BCUT2D eigenvalue weighted by Crippen LogP contribution is -2.58. The summed E-state index contributed by atoms with van der Waals surface area (Å²) in [6.45, 7) is 11.0. The van der Waals surface area contributed by atoms with Crippen molar-refractivity contribution in [2.24, 2.45) is 16.6 Å². The Labute approximate surface area is 128 Å². The van der Waals surface area contributed by atoms with Crippen LogP contribution in [0.1, 0.15) is 52.5 Å². The van der Waals surface area contributed by atoms with Crippen LogP contribution in [0.3, 0.4) is 0 Å². The van der Waals surface area contributed by atoms with Crippen LogP contribution >= 0.6 is 0 Å². The predicted octanol–water partition coefficient (Wildman–Crippen LogP) is 3.87. The second kappa shape index (κ2) is 5.04. The van der Waals surface area contributed by atoms with Crippen LogP contribution < -0.4 is 11.1 Å². The van der Waals surface area contributed by atoms with E-state index in [1.807, 2.05) is 18.2 Å². The van der Waals surface area contributed by atoms with Crippen molar-refractivity contribution in [3.63, 3.8) is 0 Å². The van der Waals surface area contributed by atoms with Gasteiger partial charge in [0.2, 0.25) is 5.91 Å². The number of anilines is 1. The van der Waals surface area contributed by atoms with E-state index in [0.717, 1.165) is 30.5 Å². The highest BCUT2D eigenvalue weighted by Crippen LogP contribution is 2.51. The van der Waals surface area contributed by atoms with Gasteiger partial charge in [0.15, 0.2) is 0 Å². The lowest BCUT2D eigenvalue weighted by Gasteiger charge is -2.51. The summed E-state index contributed by atoms with van der Waals surface area (Å²) >= 11 is 0. The first kappa shape index (κ1) is 15.9. The molecule has 0 radical (unpaired) electrons. The molecule has 2 rings (SSSR count). The number of amides is 1. The highest BCUT2D eigenvalue weighted by molar-refractivity contribution is 5.88. The van der Waals surface area contributed by atoms with E-state index in [-0.39, 0.29) is 16.7 Å². The molecular weight excluding hydrogens is 260 g/mol. The number of rotatable bonds is 3. The van der Waals surface area contributed by atoms with E-state index in [4.69, 9.17) is 5.73 Å². The van der Waals surface area contributed by atoms with E-state index in [0.29, 0.717) is 0 Å². The van der Waals surface area contributed by atoms with Crippen molar-refractivity contribution in [3.8, 4) is 0 Å². The Morgan fingerprint density at radius 3 is 2.05 bits per heavy atom. The number of primary amides is 1. The Morgan fingerprint density at radius 1 is 1.05 bits per heavy atom. The van der Waals surface area contributed by atoms with Gasteiger partial charge in [0.1, 0.15) is 5.54 Å². The molecule has 1 saturated carbocycles. The summed E-state index contributed by atoms with van der Waals surface area (Å²) < 4.78 is 0. The van der Waals surface area contributed by atoms with Crippen LogP contribution in [0.2, 0.25) is 0 Å². The smallest absolute Gasteiger partial charge is 0.243 e. The molecule has 0 bridgehead atoms. The van der Waals surface area contributed by atoms with Gasteiger partial charge in [-0.3, -0.25) is 4.79 Å². The fourth-order valence-electron chi connectivity index (χ4n) is 4.41. The van der Waals surface area contributed by atoms with Gasteiger partial charge in [0, 0.05) is 5.69 Å². The number of carbonyl (C=O) groups excluding carboxylic acids is 1. The Balaban J connectivity index is 2.42. The molecule has 1 fully saturated rings. The van der Waals surface area contributed by atoms with Gasteiger partial charge >= 0.3 is 0 Å². The highest BCUT2D eigenvalue weighted by atomic mass is 16.1. The average Bonchev–Trinajstić information content (AvgIpc) is 2.27. The van der Waals surface area contributed by atoms with Crippen molar-refractivity contribution in [2.45, 2.75) is 59.4 Å². The van der Waals surface area contributed by atoms with E-state index < -0.39 is 5.54 Å². The molecule has 1 aromatic rings. The molecule has 21 heavy (non-hydrogen) atoms. The third kappa shape index (κ3) is 3.39. The van der Waals surface area contributed by atoms with Gasteiger partial charge in [-0.15, -0.1) is 0 Å². The lowest BCUT2D eigenvalue weighted by atomic mass is 9.58. The number of nitrogens with two attached hydrogens (primary N) is 1. The summed E-state index contributed by atoms with van der Waals surface area (Å²) in [5, 5.41) is 3.50. The maximum Gasteiger partial charge on any atom is 0.243 e. The van der Waals surface area contributed by atoms with Crippen LogP contribution in [-0.4, -0.2) is 11.4 Å². The number of nitrogens with one attached hydrogen (secondary N) is 1. The summed E-state index contributed by atoms with van der Waals surface area (Å²) in [4.78, 5) is 12.3. The van der Waals surface area contributed by atoms with Crippen molar-refractivity contribution < 1.29 is 4.79 Å². The first-order valence-electron chi connectivity index (χ1n) is 7.69. The van der Waals surface area contributed by atoms with Crippen molar-refractivity contribution in [2.75, 3.05) is 5.32 Å². The van der Waals surface area contributed by atoms with Crippen LogP contribution in [-0.2, 0) is 4.79 Å². The minimum absolute atomic E-state index is 0.0897. The van der Waals surface area contributed by atoms with Crippen LogP contribution in [0, 0.1) is 17.8 Å². The Morgan fingerprint density at radius 2 is 1.57 bits per heavy atom. The van der Waals surface area contributed by atoms with Crippen molar-refractivity contribution in [1.29, 1.82) is 0 Å². The Bertz CT molecular complexity index is 530. The second-order valence-electron chi connectivity index (χ2n) is 8.25. The fraction of sp³-hybridized carbons (Fsp3) is 0.611. The fourth-order valence-corrected chi connectivity index (χ4v) is 4.41. The Kier molecular flexibility index (Phi) is 3.81. The first-order valence-corrected chi connectivity index (χ1v) is 7.69. The standard InChI is InChI=1S/C18H28N2O/c1-13-8-6-7-9-14(13)20-18(15(19)21)11-16(2,3)10-17(4,5)12-18/h6-9,20H,10-12H2,1-5H3,(H2,19,21). The van der Waals surface area contributed by atoms with E-state index in [1.54, 1.807) is 0 Å². The zero-order chi connectivity index (χ0) is 15.9. The molecule has 0 spiro atoms. The van der Waals surface area contributed by atoms with Crippen LogP contribution in [0.25, 0.3) is 0 Å². The molecule has 1 amide bonds. The summed E-state index contributed by atoms with van der Waals surface area (Å²) in [6, 6.07) is 8.07. The van der Waals surface area contributed by atoms with Gasteiger partial charge in [-0.05, 0) is 48.6 Å². The quantitative estimate of drug-likeness (QED) is 0.887. The van der Waals surface area contributed by atoms with Gasteiger partial charge < -0.3 is 11.1 Å². The molecule has 3 N–H and O–H groups in total. The van der Waals surface area contributed by atoms with Crippen molar-refractivity contribution in [3.05, 3.63) is 29.8 Å². The zero-order valence-electron chi connectivity index (χ0n) is 13.9. The first-order chi connectivity index (χ1) is 9.55. The number of para-hydroxylation sites is 1. The molecule has 3 nitrogen and oxygen atoms in total. The monoisotopic (exact) mass is 288 g/mol. The minimum Gasteiger partial charge on any atom is -0.371 e. The van der Waals surface area contributed by atoms with Crippen LogP contribution in [0.4, 0.5) is 5.69 Å². The molecule has 1 aromatic carbocycles. The molecule has 0 atom stereocenters. The van der Waals surface area contributed by atoms with E-state index >= 15 is 0 Å². The number of aryl methyl sites for hydroxylation is 1. The molecular formula is C18H28N2O. The highest BCUT2D eigenvalue weighted by Gasteiger charge is 2.51. The largest absolute Gasteiger partial charge is 0.371 e. The van der Waals surface area contributed by atoms with Gasteiger partial charge in [0.25, 0.3) is 0 Å². The normalized spacial score (nSPS) is 22.5. The Hall–Kier alpha value is -1.51. The maximum absolute atomic E-state index is 12.3. The SMILES string of the molecule is Cc1ccccc1NC1(C(N)=O)CC(C)(C)CC(C)(C)C1. The van der Waals surface area contributed by atoms with E-state index in [2.05, 4.69) is 46.0 Å². The zero-order valence-corrected chi connectivity index (χ0v) is 13.9. The summed E-state index contributed by atoms with van der Waals surface area (Å²) in [5.41, 5.74) is 7.49. The molecule has 3 heteroatoms. The second-order valence-corrected chi connectivity index (χ2v) is 8.25. The van der Waals surface area contributed by atoms with Gasteiger partial charge in [0.05, 0.1) is 0 Å². The molecule has 116 valence electrons. The average molecular weight is 288 g/mol. The maximum atomic E-state index is 12.3. The van der Waals surface area contributed by atoms with Gasteiger partial charge in [-0.1, -0.05) is 45.9 Å². The molecule has 1 aliphatic carbocycles. The predicted molar refractivity (Wildman–Crippen MR) is 88.1 cm³/mol. The molecule has 0 aromatic heterocycles. The van der Waals surface area contributed by atoms with Gasteiger partial charge in [-0.2, -0.15) is 0 Å². The minimum atomic E-state index is -0.669. The van der Waals surface area contributed by atoms with Crippen LogP contribution in [0.5, 0.6) is 0 Å². The van der Waals surface area contributed by atoms with Crippen LogP contribution in [0.15, 0.2) is 24.3 Å². The number of carbonyl (C=O) groups is 1. The van der Waals surface area contributed by atoms with Crippen molar-refractivity contribution >= 4 is 11.6 Å². The summed E-state index contributed by atoms with van der Waals surface area (Å²) in [7, 11) is 0. The van der Waals surface area contributed by atoms with E-state index in [1.165, 1.54) is 0 Å². The summed E-state index contributed by atoms with van der Waals surface area (Å²) in [6.07, 6.45) is 2.64. The molecule has 0 unspecified atom stereocenters. The van der Waals surface area contributed by atoms with Crippen molar-refractivity contribution in [1.82, 2.24) is 0 Å². The number of benzene rings is 1. The molecule has 0 saturated heterocycles. The molecule has 0 heterocycles. The lowest BCUT2D eigenvalue weighted by molar-refractivity contribution is -0.126. The third-order valence-corrected chi connectivity index (χ3v) is 4.51. The molecule has 0 aliphatic heterocycles. The molecule has 1 aliphatic rings. The number of hydrogen-bond donors (Lipinski definition) is 2. The summed E-state index contributed by atoms with van der Waals surface area (Å²) in [5.74, 6) is -0.244. The third-order valence-electron chi connectivity index (χ3n) is 4.51. The van der Waals surface area contributed by atoms with E-state index in [9.17, 15) is 4.79 Å².